The molecule has 32 heavy (non-hydrogen) atoms. The Morgan fingerprint density at radius 3 is 2.44 bits per heavy atom. The molecule has 0 saturated carbocycles. The zero-order valence-electron chi connectivity index (χ0n) is 19.0. The van der Waals surface area contributed by atoms with E-state index in [0.29, 0.717) is 18.5 Å². The molecule has 0 spiro atoms. The standard InChI is InChI=1S/C25H32N4O3/c1-18-22(25(31)28-12-4-3-5-13-28)16-26-24(27-18)20-7-6-14-29(17-20)23(30)15-19-8-10-21(32-2)11-9-19/h8-11,16,20H,3-7,12-15,17H2,1-2H3. The van der Waals surface area contributed by atoms with Crippen molar-refractivity contribution in [3.63, 3.8) is 0 Å². The van der Waals surface area contributed by atoms with E-state index in [1.54, 1.807) is 13.3 Å². The molecule has 0 N–H and O–H groups in total. The number of benzene rings is 1. The molecule has 2 saturated heterocycles. The monoisotopic (exact) mass is 436 g/mol. The number of nitrogens with zero attached hydrogens (tertiary/aromatic N) is 4. The highest BCUT2D eigenvalue weighted by atomic mass is 16.5. The van der Waals surface area contributed by atoms with E-state index in [-0.39, 0.29) is 17.7 Å². The van der Waals surface area contributed by atoms with E-state index in [0.717, 1.165) is 68.1 Å². The van der Waals surface area contributed by atoms with E-state index in [4.69, 9.17) is 9.72 Å². The maximum Gasteiger partial charge on any atom is 0.257 e. The van der Waals surface area contributed by atoms with Gasteiger partial charge in [0, 0.05) is 38.3 Å². The number of rotatable bonds is 5. The smallest absolute Gasteiger partial charge is 0.257 e. The third-order valence-corrected chi connectivity index (χ3v) is 6.53. The predicted molar refractivity (Wildman–Crippen MR) is 122 cm³/mol. The first-order valence-electron chi connectivity index (χ1n) is 11.6. The van der Waals surface area contributed by atoms with Crippen LogP contribution in [0.25, 0.3) is 0 Å². The molecular weight excluding hydrogens is 404 g/mol. The van der Waals surface area contributed by atoms with E-state index in [9.17, 15) is 9.59 Å². The SMILES string of the molecule is COc1ccc(CC(=O)N2CCCC(c3ncc(C(=O)N4CCCCC4)c(C)n3)C2)cc1. The minimum atomic E-state index is 0.0358. The van der Waals surface area contributed by atoms with Crippen LogP contribution in [0.15, 0.2) is 30.5 Å². The van der Waals surface area contributed by atoms with Crippen molar-refractivity contribution in [3.8, 4) is 5.75 Å². The summed E-state index contributed by atoms with van der Waals surface area (Å²) < 4.78 is 5.19. The van der Waals surface area contributed by atoms with Crippen LogP contribution in [0.2, 0.25) is 0 Å². The lowest BCUT2D eigenvalue weighted by Gasteiger charge is -2.32. The molecule has 2 aliphatic rings. The van der Waals surface area contributed by atoms with Crippen LogP contribution in [0.1, 0.15) is 65.5 Å². The fourth-order valence-electron chi connectivity index (χ4n) is 4.60. The number of hydrogen-bond acceptors (Lipinski definition) is 5. The predicted octanol–water partition coefficient (Wildman–Crippen LogP) is 3.37. The number of carbonyl (C=O) groups is 2. The van der Waals surface area contributed by atoms with Gasteiger partial charge >= 0.3 is 0 Å². The molecule has 7 heteroatoms. The van der Waals surface area contributed by atoms with Crippen LogP contribution in [0.3, 0.4) is 0 Å². The van der Waals surface area contributed by atoms with Crippen LogP contribution in [0, 0.1) is 6.92 Å². The zero-order valence-corrected chi connectivity index (χ0v) is 19.0. The molecule has 2 fully saturated rings. The number of aromatic nitrogens is 2. The lowest BCUT2D eigenvalue weighted by Crippen LogP contribution is -2.40. The van der Waals surface area contributed by atoms with Crippen LogP contribution in [0.4, 0.5) is 0 Å². The average Bonchev–Trinajstić information content (AvgIpc) is 2.84. The Kier molecular flexibility index (Phi) is 7.02. The zero-order chi connectivity index (χ0) is 22.5. The van der Waals surface area contributed by atoms with Crippen molar-refractivity contribution in [3.05, 3.63) is 53.1 Å². The maximum atomic E-state index is 12.9. The number of hydrogen-bond donors (Lipinski definition) is 0. The summed E-state index contributed by atoms with van der Waals surface area (Å²) >= 11 is 0. The van der Waals surface area contributed by atoms with Crippen molar-refractivity contribution in [1.82, 2.24) is 19.8 Å². The van der Waals surface area contributed by atoms with Gasteiger partial charge in [0.05, 0.1) is 24.8 Å². The second-order valence-corrected chi connectivity index (χ2v) is 8.78. The summed E-state index contributed by atoms with van der Waals surface area (Å²) in [5.74, 6) is 1.78. The molecule has 1 aromatic heterocycles. The molecule has 1 aromatic carbocycles. The third-order valence-electron chi connectivity index (χ3n) is 6.53. The summed E-state index contributed by atoms with van der Waals surface area (Å²) in [7, 11) is 1.63. The first kappa shape index (κ1) is 22.2. The molecule has 170 valence electrons. The van der Waals surface area contributed by atoms with Crippen LogP contribution >= 0.6 is 0 Å². The molecule has 2 aliphatic heterocycles. The Balaban J connectivity index is 1.40. The van der Waals surface area contributed by atoms with Crippen molar-refractivity contribution in [2.75, 3.05) is 33.3 Å². The molecular formula is C25H32N4O3. The molecule has 1 unspecified atom stereocenters. The van der Waals surface area contributed by atoms with Crippen molar-refractivity contribution in [2.24, 2.45) is 0 Å². The molecule has 2 aromatic rings. The Labute approximate surface area is 189 Å². The number of amides is 2. The molecule has 3 heterocycles. The summed E-state index contributed by atoms with van der Waals surface area (Å²) in [6.07, 6.45) is 7.25. The Bertz CT molecular complexity index is 954. The van der Waals surface area contributed by atoms with E-state index in [1.165, 1.54) is 6.42 Å². The molecule has 0 aliphatic carbocycles. The largest absolute Gasteiger partial charge is 0.497 e. The second kappa shape index (κ2) is 10.1. The van der Waals surface area contributed by atoms with Gasteiger partial charge < -0.3 is 14.5 Å². The maximum absolute atomic E-state index is 12.9. The quantitative estimate of drug-likeness (QED) is 0.718. The van der Waals surface area contributed by atoms with Crippen LogP contribution in [0.5, 0.6) is 5.75 Å². The van der Waals surface area contributed by atoms with Crippen LogP contribution < -0.4 is 4.74 Å². The van der Waals surface area contributed by atoms with Crippen LogP contribution in [-0.2, 0) is 11.2 Å². The Hall–Kier alpha value is -2.96. The number of methoxy groups -OCH3 is 1. The topological polar surface area (TPSA) is 75.6 Å². The second-order valence-electron chi connectivity index (χ2n) is 8.78. The van der Waals surface area contributed by atoms with Gasteiger partial charge in [0.25, 0.3) is 5.91 Å². The number of likely N-dealkylation sites (tertiary alicyclic amines) is 2. The van der Waals surface area contributed by atoms with E-state index in [1.807, 2.05) is 41.0 Å². The highest BCUT2D eigenvalue weighted by Crippen LogP contribution is 2.26. The van der Waals surface area contributed by atoms with Crippen LogP contribution in [-0.4, -0.2) is 64.9 Å². The lowest BCUT2D eigenvalue weighted by atomic mass is 9.96. The summed E-state index contributed by atoms with van der Waals surface area (Å²) in [5, 5.41) is 0. The van der Waals surface area contributed by atoms with E-state index >= 15 is 0 Å². The van der Waals surface area contributed by atoms with Gasteiger partial charge in [-0.15, -0.1) is 0 Å². The van der Waals surface area contributed by atoms with Crippen molar-refractivity contribution >= 4 is 11.8 Å². The lowest BCUT2D eigenvalue weighted by molar-refractivity contribution is -0.131. The molecule has 2 amide bonds. The highest BCUT2D eigenvalue weighted by Gasteiger charge is 2.28. The first-order valence-corrected chi connectivity index (χ1v) is 11.6. The number of piperidine rings is 2. The Morgan fingerprint density at radius 2 is 1.75 bits per heavy atom. The summed E-state index contributed by atoms with van der Waals surface area (Å²) in [5.41, 5.74) is 2.30. The van der Waals surface area contributed by atoms with Crippen molar-refractivity contribution in [1.29, 1.82) is 0 Å². The third kappa shape index (κ3) is 5.09. The van der Waals surface area contributed by atoms with E-state index in [2.05, 4.69) is 4.98 Å². The van der Waals surface area contributed by atoms with Gasteiger partial charge in [0.2, 0.25) is 5.91 Å². The van der Waals surface area contributed by atoms with Gasteiger partial charge in [0.15, 0.2) is 0 Å². The fourth-order valence-corrected chi connectivity index (χ4v) is 4.60. The fraction of sp³-hybridized carbons (Fsp3) is 0.520. The highest BCUT2D eigenvalue weighted by molar-refractivity contribution is 5.95. The average molecular weight is 437 g/mol. The minimum absolute atomic E-state index is 0.0358. The summed E-state index contributed by atoms with van der Waals surface area (Å²) in [6.45, 7) is 4.89. The van der Waals surface area contributed by atoms with Gasteiger partial charge in [-0.1, -0.05) is 12.1 Å². The number of carbonyl (C=O) groups excluding carboxylic acids is 2. The normalized spacial score (nSPS) is 19.0. The molecule has 0 bridgehead atoms. The van der Waals surface area contributed by atoms with E-state index < -0.39 is 0 Å². The van der Waals surface area contributed by atoms with Gasteiger partial charge in [-0.2, -0.15) is 0 Å². The Morgan fingerprint density at radius 1 is 1.03 bits per heavy atom. The molecule has 0 radical (unpaired) electrons. The van der Waals surface area contributed by atoms with Gasteiger partial charge in [-0.25, -0.2) is 9.97 Å². The molecule has 1 atom stereocenters. The van der Waals surface area contributed by atoms with Gasteiger partial charge in [0.1, 0.15) is 11.6 Å². The first-order chi connectivity index (χ1) is 15.5. The summed E-state index contributed by atoms with van der Waals surface area (Å²) in [6, 6.07) is 7.63. The van der Waals surface area contributed by atoms with Crippen molar-refractivity contribution < 1.29 is 14.3 Å². The molecule has 7 nitrogen and oxygen atoms in total. The van der Waals surface area contributed by atoms with Gasteiger partial charge in [-0.05, 0) is 56.7 Å². The minimum Gasteiger partial charge on any atom is -0.497 e. The van der Waals surface area contributed by atoms with Crippen molar-refractivity contribution in [2.45, 2.75) is 51.4 Å². The number of ether oxygens (including phenoxy) is 1. The van der Waals surface area contributed by atoms with Gasteiger partial charge in [-0.3, -0.25) is 9.59 Å². The summed E-state index contributed by atoms with van der Waals surface area (Å²) in [4.78, 5) is 38.8. The number of aryl methyl sites for hydroxylation is 1. The molecule has 4 rings (SSSR count).